The first-order valence-electron chi connectivity index (χ1n) is 8.86. The van der Waals surface area contributed by atoms with E-state index in [4.69, 9.17) is 14.9 Å². The molecule has 6 heteroatoms. The first-order chi connectivity index (χ1) is 13.1. The highest BCUT2D eigenvalue weighted by molar-refractivity contribution is 5.65. The first kappa shape index (κ1) is 19.1. The lowest BCUT2D eigenvalue weighted by atomic mass is 10.1. The van der Waals surface area contributed by atoms with E-state index in [1.807, 2.05) is 77.4 Å². The van der Waals surface area contributed by atoms with Gasteiger partial charge in [0.2, 0.25) is 0 Å². The molecule has 0 bridgehead atoms. The highest BCUT2D eigenvalue weighted by atomic mass is 16.5. The summed E-state index contributed by atoms with van der Waals surface area (Å²) in [6.45, 7) is 0.720. The molecule has 0 amide bonds. The SMILES string of the molecule is COc1cccc(-c2nn(-c3ccccc3)cc2CN(C)C[C@H](O)CO)c1. The van der Waals surface area contributed by atoms with E-state index in [-0.39, 0.29) is 6.61 Å². The maximum Gasteiger partial charge on any atom is 0.119 e. The zero-order valence-electron chi connectivity index (χ0n) is 15.6. The van der Waals surface area contributed by atoms with Gasteiger partial charge in [-0.1, -0.05) is 30.3 Å². The summed E-state index contributed by atoms with van der Waals surface area (Å²) in [4.78, 5) is 1.97. The summed E-state index contributed by atoms with van der Waals surface area (Å²) in [7, 11) is 3.56. The number of methoxy groups -OCH3 is 1. The second-order valence-corrected chi connectivity index (χ2v) is 6.55. The Hall–Kier alpha value is -2.67. The normalized spacial score (nSPS) is 12.3. The van der Waals surface area contributed by atoms with Crippen LogP contribution in [0, 0.1) is 0 Å². The highest BCUT2D eigenvalue weighted by Crippen LogP contribution is 2.27. The molecule has 0 unspecified atom stereocenters. The number of aromatic nitrogens is 2. The number of hydrogen-bond donors (Lipinski definition) is 2. The Morgan fingerprint density at radius 3 is 2.63 bits per heavy atom. The quantitative estimate of drug-likeness (QED) is 0.639. The van der Waals surface area contributed by atoms with Gasteiger partial charge in [0.1, 0.15) is 5.75 Å². The first-order valence-corrected chi connectivity index (χ1v) is 8.86. The molecular formula is C21H25N3O3. The topological polar surface area (TPSA) is 70.8 Å². The van der Waals surface area contributed by atoms with E-state index in [1.54, 1.807) is 7.11 Å². The van der Waals surface area contributed by atoms with Crippen LogP contribution in [0.1, 0.15) is 5.56 Å². The van der Waals surface area contributed by atoms with Crippen LogP contribution in [0.15, 0.2) is 60.8 Å². The van der Waals surface area contributed by atoms with Crippen LogP contribution in [0.3, 0.4) is 0 Å². The van der Waals surface area contributed by atoms with E-state index < -0.39 is 6.10 Å². The van der Waals surface area contributed by atoms with Crippen LogP contribution < -0.4 is 4.74 Å². The zero-order chi connectivity index (χ0) is 19.2. The molecule has 0 saturated heterocycles. The van der Waals surface area contributed by atoms with E-state index in [0.29, 0.717) is 13.1 Å². The summed E-state index contributed by atoms with van der Waals surface area (Å²) in [5.74, 6) is 0.775. The Bertz CT molecular complexity index is 864. The van der Waals surface area contributed by atoms with Crippen molar-refractivity contribution in [3.05, 3.63) is 66.4 Å². The van der Waals surface area contributed by atoms with Gasteiger partial charge in [-0.2, -0.15) is 5.10 Å². The molecule has 1 aromatic heterocycles. The van der Waals surface area contributed by atoms with E-state index in [9.17, 15) is 5.11 Å². The van der Waals surface area contributed by atoms with Crippen molar-refractivity contribution in [2.45, 2.75) is 12.6 Å². The number of hydrogen-bond acceptors (Lipinski definition) is 5. The molecule has 142 valence electrons. The fraction of sp³-hybridized carbons (Fsp3) is 0.286. The smallest absolute Gasteiger partial charge is 0.119 e. The van der Waals surface area contributed by atoms with E-state index in [1.165, 1.54) is 0 Å². The van der Waals surface area contributed by atoms with Gasteiger partial charge in [-0.3, -0.25) is 4.90 Å². The number of aliphatic hydroxyl groups excluding tert-OH is 2. The number of likely N-dealkylation sites (N-methyl/N-ethyl adjacent to an activating group) is 1. The van der Waals surface area contributed by atoms with Crippen LogP contribution in [-0.2, 0) is 6.54 Å². The largest absolute Gasteiger partial charge is 0.497 e. The van der Waals surface area contributed by atoms with Crippen molar-refractivity contribution in [3.8, 4) is 22.7 Å². The Kier molecular flexibility index (Phi) is 6.24. The third-order valence-corrected chi connectivity index (χ3v) is 4.33. The highest BCUT2D eigenvalue weighted by Gasteiger charge is 2.16. The molecule has 1 atom stereocenters. The van der Waals surface area contributed by atoms with Crippen molar-refractivity contribution < 1.29 is 14.9 Å². The van der Waals surface area contributed by atoms with Crippen molar-refractivity contribution in [1.82, 2.24) is 14.7 Å². The third-order valence-electron chi connectivity index (χ3n) is 4.33. The second kappa shape index (κ2) is 8.81. The molecule has 3 aromatic rings. The lowest BCUT2D eigenvalue weighted by molar-refractivity contribution is 0.0648. The van der Waals surface area contributed by atoms with Crippen LogP contribution in [0.5, 0.6) is 5.75 Å². The molecule has 1 heterocycles. The number of nitrogens with zero attached hydrogens (tertiary/aromatic N) is 3. The average molecular weight is 367 g/mol. The molecule has 0 saturated carbocycles. The Morgan fingerprint density at radius 2 is 1.93 bits per heavy atom. The molecule has 0 aliphatic heterocycles. The lowest BCUT2D eigenvalue weighted by Crippen LogP contribution is -2.31. The fourth-order valence-corrected chi connectivity index (χ4v) is 3.02. The van der Waals surface area contributed by atoms with Gasteiger partial charge in [0.25, 0.3) is 0 Å². The van der Waals surface area contributed by atoms with Crippen molar-refractivity contribution >= 4 is 0 Å². The average Bonchev–Trinajstić information content (AvgIpc) is 3.12. The van der Waals surface area contributed by atoms with Gasteiger partial charge < -0.3 is 14.9 Å². The molecule has 0 aliphatic carbocycles. The van der Waals surface area contributed by atoms with Gasteiger partial charge in [0.05, 0.1) is 31.2 Å². The monoisotopic (exact) mass is 367 g/mol. The summed E-state index contributed by atoms with van der Waals surface area (Å²) in [6.07, 6.45) is 1.24. The zero-order valence-corrected chi connectivity index (χ0v) is 15.6. The van der Waals surface area contributed by atoms with Crippen LogP contribution in [-0.4, -0.2) is 58.3 Å². The maximum atomic E-state index is 9.72. The van der Waals surface area contributed by atoms with Gasteiger partial charge in [0.15, 0.2) is 0 Å². The summed E-state index contributed by atoms with van der Waals surface area (Å²) >= 11 is 0. The minimum Gasteiger partial charge on any atom is -0.497 e. The number of aliphatic hydroxyl groups is 2. The summed E-state index contributed by atoms with van der Waals surface area (Å²) in [5.41, 5.74) is 3.84. The van der Waals surface area contributed by atoms with Crippen molar-refractivity contribution in [3.63, 3.8) is 0 Å². The molecular weight excluding hydrogens is 342 g/mol. The van der Waals surface area contributed by atoms with Gasteiger partial charge in [-0.05, 0) is 31.3 Å². The molecule has 3 rings (SSSR count). The third kappa shape index (κ3) is 4.74. The second-order valence-electron chi connectivity index (χ2n) is 6.55. The number of ether oxygens (including phenoxy) is 1. The van der Waals surface area contributed by atoms with Gasteiger partial charge in [0, 0.05) is 30.4 Å². The van der Waals surface area contributed by atoms with Crippen LogP contribution in [0.25, 0.3) is 16.9 Å². The van der Waals surface area contributed by atoms with Gasteiger partial charge >= 0.3 is 0 Å². The number of rotatable bonds is 8. The Balaban J connectivity index is 1.97. The molecule has 6 nitrogen and oxygen atoms in total. The number of benzene rings is 2. The van der Waals surface area contributed by atoms with Gasteiger partial charge in [-0.25, -0.2) is 4.68 Å². The van der Waals surface area contributed by atoms with Crippen LogP contribution in [0.2, 0.25) is 0 Å². The number of para-hydroxylation sites is 1. The molecule has 27 heavy (non-hydrogen) atoms. The minimum absolute atomic E-state index is 0.254. The molecule has 0 spiro atoms. The predicted molar refractivity (Wildman–Crippen MR) is 105 cm³/mol. The molecule has 2 aromatic carbocycles. The maximum absolute atomic E-state index is 9.72. The fourth-order valence-electron chi connectivity index (χ4n) is 3.02. The summed E-state index contributed by atoms with van der Waals surface area (Å²) in [6, 6.07) is 17.8. The minimum atomic E-state index is -0.764. The Morgan fingerprint density at radius 1 is 1.15 bits per heavy atom. The molecule has 0 fully saturated rings. The van der Waals surface area contributed by atoms with E-state index >= 15 is 0 Å². The van der Waals surface area contributed by atoms with Crippen molar-refractivity contribution in [1.29, 1.82) is 0 Å². The van der Waals surface area contributed by atoms with Crippen LogP contribution in [0.4, 0.5) is 0 Å². The molecule has 2 N–H and O–H groups in total. The van der Waals surface area contributed by atoms with Crippen molar-refractivity contribution in [2.75, 3.05) is 27.3 Å². The molecule has 0 aliphatic rings. The van der Waals surface area contributed by atoms with Gasteiger partial charge in [-0.15, -0.1) is 0 Å². The van der Waals surface area contributed by atoms with E-state index in [0.717, 1.165) is 28.3 Å². The van der Waals surface area contributed by atoms with E-state index in [2.05, 4.69) is 0 Å². The van der Waals surface area contributed by atoms with Crippen molar-refractivity contribution in [2.24, 2.45) is 0 Å². The standard InChI is InChI=1S/C21H25N3O3/c1-23(14-19(26)15-25)12-17-13-24(18-8-4-3-5-9-18)22-21(17)16-7-6-10-20(11-16)27-2/h3-11,13,19,25-26H,12,14-15H2,1-2H3/t19-/m0/s1. The van der Waals surface area contributed by atoms with Crippen LogP contribution >= 0.6 is 0 Å². The lowest BCUT2D eigenvalue weighted by Gasteiger charge is -2.19. The predicted octanol–water partition coefficient (Wildman–Crippen LogP) is 2.33. The Labute approximate surface area is 159 Å². The molecule has 0 radical (unpaired) electrons. The summed E-state index contributed by atoms with van der Waals surface area (Å²) < 4.78 is 7.21. The summed E-state index contributed by atoms with van der Waals surface area (Å²) in [5, 5.41) is 23.6.